The number of hydrogen-bond donors (Lipinski definition) is 1. The Labute approximate surface area is 189 Å². The minimum Gasteiger partial charge on any atom is -0.433 e. The molecule has 0 unspecified atom stereocenters. The first-order chi connectivity index (χ1) is 14.3. The van der Waals surface area contributed by atoms with Crippen molar-refractivity contribution in [3.63, 3.8) is 0 Å². The van der Waals surface area contributed by atoms with Crippen LogP contribution in [0.25, 0.3) is 11.3 Å². The van der Waals surface area contributed by atoms with Gasteiger partial charge < -0.3 is 10.1 Å². The zero-order valence-electron chi connectivity index (χ0n) is 14.9. The molecule has 0 aliphatic heterocycles. The van der Waals surface area contributed by atoms with Crippen molar-refractivity contribution < 1.29 is 18.3 Å². The van der Waals surface area contributed by atoms with Crippen molar-refractivity contribution in [3.8, 4) is 17.0 Å². The number of aromatic nitrogens is 2. The number of ether oxygens (including phenoxy) is 1. The van der Waals surface area contributed by atoms with Crippen molar-refractivity contribution >= 4 is 58.2 Å². The molecule has 1 N–H and O–H groups in total. The summed E-state index contributed by atoms with van der Waals surface area (Å²) in [5.74, 6) is -0.504. The van der Waals surface area contributed by atoms with Gasteiger partial charge in [-0.1, -0.05) is 46.6 Å². The number of nitrogens with zero attached hydrogens (tertiary/aromatic N) is 2. The zero-order chi connectivity index (χ0) is 21.7. The molecule has 3 aromatic rings. The van der Waals surface area contributed by atoms with Crippen molar-refractivity contribution in [2.75, 3.05) is 11.1 Å². The summed E-state index contributed by atoms with van der Waals surface area (Å²) in [6, 6.07) is 10.8. The Bertz CT molecular complexity index is 1050. The topological polar surface area (TPSA) is 64.1 Å². The summed E-state index contributed by atoms with van der Waals surface area (Å²) in [5, 5.41) is 3.92. The van der Waals surface area contributed by atoms with E-state index in [1.807, 2.05) is 0 Å². The van der Waals surface area contributed by atoms with Crippen LogP contribution in [0.3, 0.4) is 0 Å². The number of nitrogens with one attached hydrogen (secondary N) is 1. The summed E-state index contributed by atoms with van der Waals surface area (Å²) in [4.78, 5) is 20.7. The molecule has 1 aromatic heterocycles. The predicted molar refractivity (Wildman–Crippen MR) is 115 cm³/mol. The first-order valence-electron chi connectivity index (χ1n) is 8.26. The molecular formula is C19H12Cl3F2N3O2S. The van der Waals surface area contributed by atoms with Gasteiger partial charge in [0.05, 0.1) is 16.5 Å². The van der Waals surface area contributed by atoms with Crippen LogP contribution < -0.4 is 10.1 Å². The molecule has 0 aliphatic rings. The summed E-state index contributed by atoms with van der Waals surface area (Å²) in [6.07, 6.45) is 1.57. The Morgan fingerprint density at radius 2 is 1.83 bits per heavy atom. The van der Waals surface area contributed by atoms with E-state index in [4.69, 9.17) is 34.8 Å². The highest BCUT2D eigenvalue weighted by Crippen LogP contribution is 2.29. The molecule has 30 heavy (non-hydrogen) atoms. The van der Waals surface area contributed by atoms with E-state index >= 15 is 0 Å². The average molecular weight is 491 g/mol. The molecule has 1 heterocycles. The highest BCUT2D eigenvalue weighted by molar-refractivity contribution is 7.99. The van der Waals surface area contributed by atoms with Crippen LogP contribution in [0.1, 0.15) is 0 Å². The van der Waals surface area contributed by atoms with Crippen molar-refractivity contribution in [1.29, 1.82) is 0 Å². The van der Waals surface area contributed by atoms with Crippen LogP contribution in [0, 0.1) is 0 Å². The van der Waals surface area contributed by atoms with E-state index in [-0.39, 0.29) is 22.4 Å². The number of thioether (sulfide) groups is 1. The van der Waals surface area contributed by atoms with Gasteiger partial charge in [-0.15, -0.1) is 0 Å². The van der Waals surface area contributed by atoms with E-state index in [2.05, 4.69) is 20.0 Å². The molecular weight excluding hydrogens is 479 g/mol. The molecule has 0 fully saturated rings. The third kappa shape index (κ3) is 6.43. The highest BCUT2D eigenvalue weighted by Gasteiger charge is 2.12. The monoisotopic (exact) mass is 489 g/mol. The van der Waals surface area contributed by atoms with Crippen LogP contribution in [0.2, 0.25) is 15.1 Å². The Morgan fingerprint density at radius 3 is 2.50 bits per heavy atom. The van der Waals surface area contributed by atoms with E-state index in [1.54, 1.807) is 30.5 Å². The molecule has 0 saturated heterocycles. The molecule has 0 spiro atoms. The van der Waals surface area contributed by atoms with Gasteiger partial charge >= 0.3 is 6.61 Å². The smallest absolute Gasteiger partial charge is 0.387 e. The van der Waals surface area contributed by atoms with Crippen LogP contribution >= 0.6 is 46.6 Å². The predicted octanol–water partition coefficient (Wildman–Crippen LogP) is 6.44. The molecule has 0 bridgehead atoms. The lowest BCUT2D eigenvalue weighted by molar-refractivity contribution is -0.113. The summed E-state index contributed by atoms with van der Waals surface area (Å²) in [7, 11) is 0. The fraction of sp³-hybridized carbons (Fsp3) is 0.105. The van der Waals surface area contributed by atoms with Crippen LogP contribution in [0.4, 0.5) is 14.5 Å². The second-order valence-corrected chi connectivity index (χ2v) is 7.97. The van der Waals surface area contributed by atoms with Crippen molar-refractivity contribution in [3.05, 3.63) is 63.7 Å². The van der Waals surface area contributed by atoms with Gasteiger partial charge in [-0.2, -0.15) is 8.78 Å². The molecule has 2 aromatic carbocycles. The van der Waals surface area contributed by atoms with E-state index < -0.39 is 6.61 Å². The maximum absolute atomic E-state index is 12.3. The van der Waals surface area contributed by atoms with Gasteiger partial charge in [-0.05, 0) is 42.5 Å². The zero-order valence-corrected chi connectivity index (χ0v) is 18.0. The molecule has 11 heteroatoms. The highest BCUT2D eigenvalue weighted by atomic mass is 35.5. The van der Waals surface area contributed by atoms with Crippen molar-refractivity contribution in [1.82, 2.24) is 9.97 Å². The Morgan fingerprint density at radius 1 is 1.10 bits per heavy atom. The number of carbonyl (C=O) groups is 1. The maximum atomic E-state index is 12.3. The lowest BCUT2D eigenvalue weighted by Gasteiger charge is -2.09. The van der Waals surface area contributed by atoms with Gasteiger partial charge in [0.1, 0.15) is 5.75 Å². The third-order valence-corrected chi connectivity index (χ3v) is 5.15. The van der Waals surface area contributed by atoms with Gasteiger partial charge in [0, 0.05) is 27.5 Å². The summed E-state index contributed by atoms with van der Waals surface area (Å²) >= 11 is 19.0. The molecule has 0 radical (unpaired) electrons. The number of amides is 1. The number of hydrogen-bond acceptors (Lipinski definition) is 5. The SMILES string of the molecule is O=C(CSc1nccc(-c2cc(Cl)cc(Cl)c2)n1)Nc1ccc(OC(F)F)c(Cl)c1. The summed E-state index contributed by atoms with van der Waals surface area (Å²) in [6.45, 7) is -2.99. The Balaban J connectivity index is 1.62. The Hall–Kier alpha value is -2.13. The summed E-state index contributed by atoms with van der Waals surface area (Å²) in [5.41, 5.74) is 1.68. The van der Waals surface area contributed by atoms with E-state index in [0.29, 0.717) is 26.6 Å². The molecule has 156 valence electrons. The number of rotatable bonds is 7. The first-order valence-corrected chi connectivity index (χ1v) is 10.4. The quantitative estimate of drug-likeness (QED) is 0.305. The molecule has 0 aliphatic carbocycles. The lowest BCUT2D eigenvalue weighted by atomic mass is 10.1. The van der Waals surface area contributed by atoms with Crippen molar-refractivity contribution in [2.24, 2.45) is 0 Å². The minimum absolute atomic E-state index is 0.0205. The largest absolute Gasteiger partial charge is 0.433 e. The van der Waals surface area contributed by atoms with Gasteiger partial charge in [-0.25, -0.2) is 9.97 Å². The first kappa shape index (κ1) is 22.6. The van der Waals surface area contributed by atoms with E-state index in [1.165, 1.54) is 18.2 Å². The number of benzene rings is 2. The third-order valence-electron chi connectivity index (χ3n) is 3.56. The molecule has 0 saturated carbocycles. The van der Waals surface area contributed by atoms with Crippen LogP contribution in [0.5, 0.6) is 5.75 Å². The maximum Gasteiger partial charge on any atom is 0.387 e. The van der Waals surface area contributed by atoms with E-state index in [0.717, 1.165) is 17.3 Å². The fourth-order valence-electron chi connectivity index (χ4n) is 2.37. The molecule has 3 rings (SSSR count). The lowest BCUT2D eigenvalue weighted by Crippen LogP contribution is -2.14. The number of anilines is 1. The number of carbonyl (C=O) groups excluding carboxylic acids is 1. The van der Waals surface area contributed by atoms with E-state index in [9.17, 15) is 13.6 Å². The van der Waals surface area contributed by atoms with Crippen molar-refractivity contribution in [2.45, 2.75) is 11.8 Å². The number of halogens is 5. The van der Waals surface area contributed by atoms with Gasteiger partial charge in [0.15, 0.2) is 5.16 Å². The van der Waals surface area contributed by atoms with Gasteiger partial charge in [0.2, 0.25) is 5.91 Å². The fourth-order valence-corrected chi connectivity index (χ4v) is 3.75. The minimum atomic E-state index is -2.99. The normalized spacial score (nSPS) is 10.9. The molecule has 1 amide bonds. The average Bonchev–Trinajstić information content (AvgIpc) is 2.68. The van der Waals surface area contributed by atoms with Crippen LogP contribution in [-0.2, 0) is 4.79 Å². The second-order valence-electron chi connectivity index (χ2n) is 5.74. The van der Waals surface area contributed by atoms with Crippen LogP contribution in [0.15, 0.2) is 53.8 Å². The van der Waals surface area contributed by atoms with Gasteiger partial charge in [0.25, 0.3) is 0 Å². The van der Waals surface area contributed by atoms with Crippen LogP contribution in [-0.4, -0.2) is 28.2 Å². The number of alkyl halides is 2. The Kier molecular flexibility index (Phi) is 7.71. The second kappa shape index (κ2) is 10.3. The molecule has 5 nitrogen and oxygen atoms in total. The standard InChI is InChI=1S/C19H12Cl3F2N3O2S/c20-11-5-10(6-12(21)7-11)15-3-4-25-19(27-15)30-9-17(28)26-13-1-2-16(14(22)8-13)29-18(23)24/h1-8,18H,9H2,(H,26,28). The molecule has 0 atom stereocenters. The van der Waals surface area contributed by atoms with Gasteiger partial charge in [-0.3, -0.25) is 4.79 Å². The summed E-state index contributed by atoms with van der Waals surface area (Å²) < 4.78 is 28.8.